The van der Waals surface area contributed by atoms with E-state index in [1.165, 1.54) is 168 Å². The zero-order chi connectivity index (χ0) is 61.8. The average Bonchev–Trinajstić information content (AvgIpc) is 0.761. The number of carbonyl (C=O) groups is 6. The highest BCUT2D eigenvalue weighted by Gasteiger charge is 2.39. The summed E-state index contributed by atoms with van der Waals surface area (Å²) in [5.74, 6) is -3.40. The molecule has 2 aliphatic rings. The number of sulfonamides is 1. The number of ketones is 4. The van der Waals surface area contributed by atoms with Gasteiger partial charge < -0.3 is 20.1 Å². The molecule has 6 aromatic carbocycles. The van der Waals surface area contributed by atoms with Crippen molar-refractivity contribution in [1.82, 2.24) is 4.72 Å². The van der Waals surface area contributed by atoms with Crippen LogP contribution in [-0.4, -0.2) is 77.3 Å². The Morgan fingerprint density at radius 1 is 0.402 bits per heavy atom. The van der Waals surface area contributed by atoms with Crippen LogP contribution in [0.1, 0.15) is 218 Å². The van der Waals surface area contributed by atoms with Crippen LogP contribution in [0.5, 0.6) is 5.75 Å². The normalized spacial score (nSPS) is 12.8. The number of ether oxygens (including phenoxy) is 2. The van der Waals surface area contributed by atoms with Gasteiger partial charge in [0.1, 0.15) is 12.4 Å². The third-order valence-electron chi connectivity index (χ3n) is 16.1. The maximum Gasteiger partial charge on any atom is 0.262 e. The third kappa shape index (κ3) is 17.2. The summed E-state index contributed by atoms with van der Waals surface area (Å²) in [5, 5.41) is 5.46. The van der Waals surface area contributed by atoms with Gasteiger partial charge in [-0.2, -0.15) is 0 Å². The van der Waals surface area contributed by atoms with E-state index in [1.54, 1.807) is 36.4 Å². The van der Waals surface area contributed by atoms with Gasteiger partial charge in [-0.3, -0.25) is 28.8 Å². The number of nitrogens with one attached hydrogen (secondary N) is 3. The number of unbranched alkanes of at least 4 members (excludes halogenated alkanes) is 19. The van der Waals surface area contributed by atoms with Crippen LogP contribution in [0, 0.1) is 0 Å². The molecule has 0 spiro atoms. The molecule has 2 amide bonds. The number of fused-ring (bicyclic) bond motifs is 4. The number of hydrogen-bond donors (Lipinski definition) is 3. The lowest BCUT2D eigenvalue weighted by atomic mass is 9.75. The molecule has 0 heterocycles. The van der Waals surface area contributed by atoms with Crippen molar-refractivity contribution < 1.29 is 55.1 Å². The van der Waals surface area contributed by atoms with Crippen LogP contribution in [-0.2, 0) is 40.8 Å². The zero-order valence-electron chi connectivity index (χ0n) is 50.1. The van der Waals surface area contributed by atoms with Crippen molar-refractivity contribution in [3.63, 3.8) is 0 Å². The zero-order valence-corrected chi connectivity index (χ0v) is 51.8. The summed E-state index contributed by atoms with van der Waals surface area (Å²) in [7, 11) is -7.27. The Morgan fingerprint density at radius 3 is 1.24 bits per heavy atom. The van der Waals surface area contributed by atoms with Gasteiger partial charge in [0.05, 0.1) is 44.7 Å². The molecule has 0 bridgehead atoms. The van der Waals surface area contributed by atoms with Crippen molar-refractivity contribution in [3.8, 4) is 16.9 Å². The number of amides is 2. The van der Waals surface area contributed by atoms with Crippen molar-refractivity contribution >= 4 is 66.2 Å². The van der Waals surface area contributed by atoms with E-state index in [0.29, 0.717) is 18.5 Å². The highest BCUT2D eigenvalue weighted by molar-refractivity contribution is 7.91. The predicted molar refractivity (Wildman–Crippen MR) is 339 cm³/mol. The Kier molecular flexibility index (Phi) is 24.1. The molecule has 0 unspecified atom stereocenters. The number of hydrogen-bond acceptors (Lipinski definition) is 12. The Bertz CT molecular complexity index is 3650. The van der Waals surface area contributed by atoms with Crippen molar-refractivity contribution in [2.24, 2.45) is 0 Å². The fourth-order valence-electron chi connectivity index (χ4n) is 11.4. The number of anilines is 2. The van der Waals surface area contributed by atoms with E-state index in [9.17, 15) is 45.6 Å². The van der Waals surface area contributed by atoms with Crippen molar-refractivity contribution in [3.05, 3.63) is 171 Å². The fourth-order valence-corrected chi connectivity index (χ4v) is 13.8. The number of sulfone groups is 1. The predicted octanol–water partition coefficient (Wildman–Crippen LogP) is 14.4. The highest BCUT2D eigenvalue weighted by Crippen LogP contribution is 2.44. The van der Waals surface area contributed by atoms with E-state index >= 15 is 0 Å². The largest absolute Gasteiger partial charge is 0.484 e. The van der Waals surface area contributed by atoms with Crippen LogP contribution >= 0.6 is 0 Å². The van der Waals surface area contributed by atoms with Gasteiger partial charge in [-0.1, -0.05) is 209 Å². The molecule has 15 nitrogen and oxygen atoms in total. The third-order valence-corrected chi connectivity index (χ3v) is 19.4. The molecule has 0 saturated carbocycles. The van der Waals surface area contributed by atoms with Crippen molar-refractivity contribution in [1.29, 1.82) is 0 Å². The summed E-state index contributed by atoms with van der Waals surface area (Å²) in [6, 6.07) is 30.4. The topological polar surface area (TPSA) is 225 Å². The van der Waals surface area contributed by atoms with Gasteiger partial charge in [-0.05, 0) is 78.1 Å². The second-order valence-corrected chi connectivity index (χ2v) is 26.5. The molecule has 3 N–H and O–H groups in total. The summed E-state index contributed by atoms with van der Waals surface area (Å²) in [5.41, 5.74) is 0.650. The first-order valence-electron chi connectivity index (χ1n) is 31.1. The lowest BCUT2D eigenvalue weighted by Crippen LogP contribution is -2.28. The smallest absolute Gasteiger partial charge is 0.262 e. The van der Waals surface area contributed by atoms with Gasteiger partial charge in [0.25, 0.3) is 5.91 Å². The molecular formula is C70H81N3O12S2. The molecule has 8 rings (SSSR count). The van der Waals surface area contributed by atoms with Gasteiger partial charge in [0, 0.05) is 39.9 Å². The van der Waals surface area contributed by atoms with E-state index in [0.717, 1.165) is 44.9 Å². The maximum absolute atomic E-state index is 14.8. The average molecular weight is 1220 g/mol. The summed E-state index contributed by atoms with van der Waals surface area (Å²) in [4.78, 5) is 86.2. The summed E-state index contributed by atoms with van der Waals surface area (Å²) < 4.78 is 66.6. The van der Waals surface area contributed by atoms with E-state index in [1.807, 2.05) is 0 Å². The molecule has 0 radical (unpaired) electrons. The lowest BCUT2D eigenvalue weighted by molar-refractivity contribution is -0.121. The standard InChI is InChI=1S/C70H81N3O12S2/c1-3-5-7-9-11-13-15-17-19-21-27-45-86(80,81)51-38-34-50(35-39-51)85-48-62(75)73-60-43-41-54(64-66(60)70(79)58-31-25-23-29-56(58)68(64)77)53-40-42-59(65-63(53)67(76)55-28-22-24-30-57(55)69(65)78)72-61(74)47-84-46-49-32-36-52(37-33-49)87(82,83)71-44-26-20-18-16-14-12-10-8-6-4-2/h22-25,28-43,71H,3-21,26-27,44-48H2,1-2H3,(H,72,74)(H,73,75). The van der Waals surface area contributed by atoms with Gasteiger partial charge in [0.15, 0.2) is 39.6 Å². The highest BCUT2D eigenvalue weighted by atomic mass is 32.2. The van der Waals surface area contributed by atoms with Crippen LogP contribution in [0.3, 0.4) is 0 Å². The molecule has 0 saturated heterocycles. The van der Waals surface area contributed by atoms with E-state index < -0.39 is 68.0 Å². The van der Waals surface area contributed by atoms with Gasteiger partial charge in [-0.15, -0.1) is 0 Å². The molecule has 6 aromatic rings. The SMILES string of the molecule is CCCCCCCCCCCCCS(=O)(=O)c1ccc(OCC(=O)Nc2ccc(-c3ccc(NC(=O)COCc4ccc(S(=O)(=O)NCCCCCCCCCCCC)cc4)c4c3C(=O)c3ccccc3C4=O)c3c2C(=O)c2ccccc2C3=O)cc1. The fraction of sp³-hybridized carbons (Fsp3) is 0.400. The second-order valence-electron chi connectivity index (χ2n) is 22.7. The van der Waals surface area contributed by atoms with Gasteiger partial charge in [0.2, 0.25) is 15.9 Å². The van der Waals surface area contributed by atoms with Crippen LogP contribution < -0.4 is 20.1 Å². The molecule has 0 aliphatic heterocycles. The molecule has 460 valence electrons. The number of benzene rings is 6. The molecule has 0 aromatic heterocycles. The molecule has 2 aliphatic carbocycles. The van der Waals surface area contributed by atoms with E-state index in [2.05, 4.69) is 29.2 Å². The molecule has 0 atom stereocenters. The molecule has 0 fully saturated rings. The summed E-state index contributed by atoms with van der Waals surface area (Å²) >= 11 is 0. The minimum Gasteiger partial charge on any atom is -0.484 e. The lowest BCUT2D eigenvalue weighted by Gasteiger charge is -2.26. The van der Waals surface area contributed by atoms with Crippen LogP contribution in [0.15, 0.2) is 131 Å². The Labute approximate surface area is 512 Å². The number of rotatable bonds is 36. The number of carbonyl (C=O) groups excluding carboxylic acids is 6. The van der Waals surface area contributed by atoms with Gasteiger partial charge >= 0.3 is 0 Å². The molecule has 87 heavy (non-hydrogen) atoms. The summed E-state index contributed by atoms with van der Waals surface area (Å²) in [6.07, 6.45) is 23.7. The Hall–Kier alpha value is -7.44. The van der Waals surface area contributed by atoms with E-state index in [4.69, 9.17) is 9.47 Å². The van der Waals surface area contributed by atoms with Crippen LogP contribution in [0.25, 0.3) is 11.1 Å². The van der Waals surface area contributed by atoms with Crippen molar-refractivity contribution in [2.75, 3.05) is 36.1 Å². The minimum atomic E-state index is -3.73. The first kappa shape index (κ1) is 65.5. The van der Waals surface area contributed by atoms with Crippen LogP contribution in [0.4, 0.5) is 11.4 Å². The maximum atomic E-state index is 14.8. The Morgan fingerprint density at radius 2 is 0.793 bits per heavy atom. The monoisotopic (exact) mass is 1220 g/mol. The summed E-state index contributed by atoms with van der Waals surface area (Å²) in [6.45, 7) is 3.69. The molecular weight excluding hydrogens is 1140 g/mol. The first-order chi connectivity index (χ1) is 42.1. The minimum absolute atomic E-state index is 0.00332. The van der Waals surface area contributed by atoms with Crippen LogP contribution in [0.2, 0.25) is 0 Å². The van der Waals surface area contributed by atoms with Crippen molar-refractivity contribution in [2.45, 2.75) is 165 Å². The van der Waals surface area contributed by atoms with Gasteiger partial charge in [-0.25, -0.2) is 21.6 Å². The van der Waals surface area contributed by atoms with E-state index in [-0.39, 0.29) is 94.9 Å². The first-order valence-corrected chi connectivity index (χ1v) is 34.2. The molecule has 17 heteroatoms. The Balaban J connectivity index is 0.926. The quantitative estimate of drug-likeness (QED) is 0.0312. The second kappa shape index (κ2) is 32.0.